The van der Waals surface area contributed by atoms with Crippen molar-refractivity contribution in [3.8, 4) is 6.07 Å². The molecule has 0 aliphatic heterocycles. The first-order valence-corrected chi connectivity index (χ1v) is 6.47. The fourth-order valence-corrected chi connectivity index (χ4v) is 2.29. The smallest absolute Gasteiger partial charge is 0.124 e. The molecule has 1 heterocycles. The third-order valence-electron chi connectivity index (χ3n) is 2.17. The van der Waals surface area contributed by atoms with Gasteiger partial charge in [0.05, 0.1) is 21.7 Å². The van der Waals surface area contributed by atoms with Gasteiger partial charge in [-0.25, -0.2) is 9.37 Å². The highest BCUT2D eigenvalue weighted by atomic mass is 35.5. The highest BCUT2D eigenvalue weighted by Gasteiger charge is 2.02. The van der Waals surface area contributed by atoms with Crippen LogP contribution in [0, 0.1) is 17.1 Å². The highest BCUT2D eigenvalue weighted by molar-refractivity contribution is 7.98. The Hall–Kier alpha value is -1.57. The lowest BCUT2D eigenvalue weighted by molar-refractivity contribution is 0.626. The first-order valence-electron chi connectivity index (χ1n) is 5.11. The quantitative estimate of drug-likeness (QED) is 0.795. The molecular weight excluding hydrogens is 271 g/mol. The molecule has 0 saturated heterocycles. The maximum atomic E-state index is 13.2. The summed E-state index contributed by atoms with van der Waals surface area (Å²) in [6.07, 6.45) is 1.57. The van der Waals surface area contributed by atoms with Gasteiger partial charge in [-0.3, -0.25) is 0 Å². The minimum absolute atomic E-state index is 0.328. The predicted molar refractivity (Wildman–Crippen MR) is 69.9 cm³/mol. The van der Waals surface area contributed by atoms with Crippen molar-refractivity contribution in [1.82, 2.24) is 4.98 Å². The Morgan fingerprint density at radius 2 is 2.17 bits per heavy atom. The van der Waals surface area contributed by atoms with Crippen molar-refractivity contribution in [3.63, 3.8) is 0 Å². The molecule has 0 amide bonds. The third-order valence-corrected chi connectivity index (χ3v) is 3.41. The molecule has 2 nitrogen and oxygen atoms in total. The molecule has 0 radical (unpaired) electrons. The van der Waals surface area contributed by atoms with Crippen LogP contribution in [0.5, 0.6) is 0 Å². The normalized spacial score (nSPS) is 10.1. The second kappa shape index (κ2) is 5.85. The summed E-state index contributed by atoms with van der Waals surface area (Å²) in [5.74, 6) is 0.162. The Kier molecular flexibility index (Phi) is 4.19. The molecular formula is C13H8ClFN2S. The van der Waals surface area contributed by atoms with E-state index in [9.17, 15) is 4.39 Å². The standard InChI is InChI=1S/C13H8ClFN2S/c14-11-1-2-13(17-7-11)18-8-10-3-9(6-16)4-12(15)5-10/h1-5,7H,8H2. The van der Waals surface area contributed by atoms with Crippen LogP contribution in [0.4, 0.5) is 4.39 Å². The van der Waals surface area contributed by atoms with Gasteiger partial charge in [0.15, 0.2) is 0 Å². The second-order valence-electron chi connectivity index (χ2n) is 3.56. The summed E-state index contributed by atoms with van der Waals surface area (Å²) in [6, 6.07) is 9.80. The maximum absolute atomic E-state index is 13.2. The lowest BCUT2D eigenvalue weighted by atomic mass is 10.1. The zero-order valence-corrected chi connectivity index (χ0v) is 10.8. The van der Waals surface area contributed by atoms with Crippen molar-refractivity contribution in [1.29, 1.82) is 5.26 Å². The number of rotatable bonds is 3. The first-order chi connectivity index (χ1) is 8.67. The molecule has 2 rings (SSSR count). The van der Waals surface area contributed by atoms with E-state index in [1.807, 2.05) is 6.07 Å². The lowest BCUT2D eigenvalue weighted by Gasteiger charge is -2.02. The highest BCUT2D eigenvalue weighted by Crippen LogP contribution is 2.22. The van der Waals surface area contributed by atoms with Crippen molar-refractivity contribution >= 4 is 23.4 Å². The molecule has 0 bridgehead atoms. The van der Waals surface area contributed by atoms with Gasteiger partial charge in [-0.1, -0.05) is 11.6 Å². The Labute approximate surface area is 113 Å². The summed E-state index contributed by atoms with van der Waals surface area (Å²) >= 11 is 7.20. The van der Waals surface area contributed by atoms with Gasteiger partial charge in [0.2, 0.25) is 0 Å². The van der Waals surface area contributed by atoms with Crippen LogP contribution in [0.25, 0.3) is 0 Å². The van der Waals surface area contributed by atoms with Crippen LogP contribution in [-0.2, 0) is 5.75 Å². The van der Waals surface area contributed by atoms with Crippen molar-refractivity contribution in [3.05, 3.63) is 58.5 Å². The van der Waals surface area contributed by atoms with E-state index >= 15 is 0 Å². The number of hydrogen-bond acceptors (Lipinski definition) is 3. The van der Waals surface area contributed by atoms with Crippen LogP contribution in [0.15, 0.2) is 41.6 Å². The van der Waals surface area contributed by atoms with Crippen molar-refractivity contribution in [2.45, 2.75) is 10.8 Å². The number of pyridine rings is 1. The maximum Gasteiger partial charge on any atom is 0.124 e. The fraction of sp³-hybridized carbons (Fsp3) is 0.0769. The molecule has 1 aromatic heterocycles. The van der Waals surface area contributed by atoms with E-state index in [1.54, 1.807) is 24.4 Å². The van der Waals surface area contributed by atoms with Crippen LogP contribution in [0.2, 0.25) is 5.02 Å². The van der Waals surface area contributed by atoms with E-state index in [1.165, 1.54) is 23.9 Å². The summed E-state index contributed by atoms with van der Waals surface area (Å²) in [7, 11) is 0. The summed E-state index contributed by atoms with van der Waals surface area (Å²) in [6.45, 7) is 0. The molecule has 2 aromatic rings. The predicted octanol–water partition coefficient (Wildman–Crippen LogP) is 4.04. The Morgan fingerprint density at radius 1 is 1.33 bits per heavy atom. The van der Waals surface area contributed by atoms with Gasteiger partial charge in [-0.15, -0.1) is 11.8 Å². The van der Waals surface area contributed by atoms with Crippen LogP contribution in [-0.4, -0.2) is 4.98 Å². The van der Waals surface area contributed by atoms with Crippen LogP contribution in [0.3, 0.4) is 0 Å². The van der Waals surface area contributed by atoms with Gasteiger partial charge < -0.3 is 0 Å². The first kappa shape index (κ1) is 12.9. The molecule has 0 saturated carbocycles. The fourth-order valence-electron chi connectivity index (χ4n) is 1.40. The van der Waals surface area contributed by atoms with E-state index in [-0.39, 0.29) is 0 Å². The molecule has 0 N–H and O–H groups in total. The zero-order valence-electron chi connectivity index (χ0n) is 9.23. The lowest BCUT2D eigenvalue weighted by Crippen LogP contribution is -1.87. The summed E-state index contributed by atoms with van der Waals surface area (Å²) in [4.78, 5) is 4.13. The van der Waals surface area contributed by atoms with E-state index < -0.39 is 5.82 Å². The van der Waals surface area contributed by atoms with Gasteiger partial charge in [0.25, 0.3) is 0 Å². The average molecular weight is 279 g/mol. The van der Waals surface area contributed by atoms with Crippen molar-refractivity contribution in [2.75, 3.05) is 0 Å². The number of aromatic nitrogens is 1. The minimum Gasteiger partial charge on any atom is -0.248 e. The van der Waals surface area contributed by atoms with Crippen LogP contribution in [0.1, 0.15) is 11.1 Å². The number of nitriles is 1. The van der Waals surface area contributed by atoms with E-state index in [0.29, 0.717) is 16.3 Å². The van der Waals surface area contributed by atoms with Crippen LogP contribution < -0.4 is 0 Å². The van der Waals surface area contributed by atoms with Gasteiger partial charge in [0, 0.05) is 11.9 Å². The zero-order chi connectivity index (χ0) is 13.0. The molecule has 0 atom stereocenters. The van der Waals surface area contributed by atoms with Crippen molar-refractivity contribution in [2.24, 2.45) is 0 Å². The van der Waals surface area contributed by atoms with Gasteiger partial charge in [0.1, 0.15) is 5.82 Å². The largest absolute Gasteiger partial charge is 0.248 e. The molecule has 0 fully saturated rings. The Bertz CT molecular complexity index is 593. The van der Waals surface area contributed by atoms with Gasteiger partial charge >= 0.3 is 0 Å². The molecule has 0 spiro atoms. The topological polar surface area (TPSA) is 36.7 Å². The summed E-state index contributed by atoms with van der Waals surface area (Å²) < 4.78 is 13.2. The molecule has 0 aliphatic rings. The van der Waals surface area contributed by atoms with Gasteiger partial charge in [-0.05, 0) is 35.9 Å². The monoisotopic (exact) mass is 278 g/mol. The molecule has 90 valence electrons. The van der Waals surface area contributed by atoms with Crippen molar-refractivity contribution < 1.29 is 4.39 Å². The van der Waals surface area contributed by atoms with E-state index in [4.69, 9.17) is 16.9 Å². The number of hydrogen-bond donors (Lipinski definition) is 0. The summed E-state index contributed by atoms with van der Waals surface area (Å²) in [5, 5.41) is 10.1. The molecule has 0 aliphatic carbocycles. The van der Waals surface area contributed by atoms with Gasteiger partial charge in [-0.2, -0.15) is 5.26 Å². The second-order valence-corrected chi connectivity index (χ2v) is 5.00. The third kappa shape index (κ3) is 3.46. The number of benzene rings is 1. The minimum atomic E-state index is -0.395. The number of nitrogens with zero attached hydrogens (tertiary/aromatic N) is 2. The Balaban J connectivity index is 2.08. The molecule has 0 unspecified atom stereocenters. The average Bonchev–Trinajstić information content (AvgIpc) is 2.37. The van der Waals surface area contributed by atoms with E-state index in [0.717, 1.165) is 10.6 Å². The van der Waals surface area contributed by atoms with E-state index in [2.05, 4.69) is 4.98 Å². The molecule has 5 heteroatoms. The molecule has 1 aromatic carbocycles. The molecule has 18 heavy (non-hydrogen) atoms. The number of halogens is 2. The summed E-state index contributed by atoms with van der Waals surface area (Å²) in [5.41, 5.74) is 1.09. The number of thioether (sulfide) groups is 1. The SMILES string of the molecule is N#Cc1cc(F)cc(CSc2ccc(Cl)cn2)c1. The Morgan fingerprint density at radius 3 is 2.83 bits per heavy atom. The van der Waals surface area contributed by atoms with Crippen LogP contribution >= 0.6 is 23.4 Å².